The van der Waals surface area contributed by atoms with Crippen LogP contribution >= 0.6 is 0 Å². The molecule has 1 unspecified atom stereocenters. The van der Waals surface area contributed by atoms with E-state index in [2.05, 4.69) is 19.2 Å². The number of nitrogens with one attached hydrogen (secondary N) is 1. The lowest BCUT2D eigenvalue weighted by Crippen LogP contribution is -2.37. The third-order valence-corrected chi connectivity index (χ3v) is 3.07. The monoisotopic (exact) mass is 279 g/mol. The Morgan fingerprint density at radius 1 is 1.20 bits per heavy atom. The Kier molecular flexibility index (Phi) is 6.52. The topological polar surface area (TPSA) is 58.6 Å². The zero-order chi connectivity index (χ0) is 15.1. The summed E-state index contributed by atoms with van der Waals surface area (Å²) in [6.07, 6.45) is -0.0676. The van der Waals surface area contributed by atoms with Gasteiger partial charge in [-0.15, -0.1) is 0 Å². The predicted molar refractivity (Wildman–Crippen MR) is 79.6 cm³/mol. The zero-order valence-electron chi connectivity index (χ0n) is 12.7. The van der Waals surface area contributed by atoms with E-state index >= 15 is 0 Å². The molecular formula is C16H25NO3. The number of aliphatic hydroxyl groups excluding tert-OH is 1. The number of ether oxygens (including phenoxy) is 1. The van der Waals surface area contributed by atoms with Crippen LogP contribution in [0, 0.1) is 5.92 Å². The molecule has 0 aliphatic heterocycles. The first-order valence-electron chi connectivity index (χ1n) is 7.12. The van der Waals surface area contributed by atoms with Crippen LogP contribution in [0.1, 0.15) is 45.8 Å². The molecule has 0 radical (unpaired) electrons. The maximum Gasteiger partial charge on any atom is 0.260 e. The zero-order valence-corrected chi connectivity index (χ0v) is 12.7. The number of amides is 1. The maximum absolute atomic E-state index is 11.8. The molecule has 1 amide bonds. The molecule has 2 atom stereocenters. The first-order chi connectivity index (χ1) is 9.40. The van der Waals surface area contributed by atoms with Gasteiger partial charge in [0.1, 0.15) is 5.75 Å². The second kappa shape index (κ2) is 7.90. The molecule has 0 fully saturated rings. The normalized spacial score (nSPS) is 13.9. The van der Waals surface area contributed by atoms with Crippen molar-refractivity contribution in [3.05, 3.63) is 29.8 Å². The van der Waals surface area contributed by atoms with Crippen molar-refractivity contribution in [1.82, 2.24) is 5.32 Å². The SMILES string of the molecule is CC(C)CCNC(=O)C(C)Oc1ccc([C@@H](C)O)cc1. The Labute approximate surface area is 121 Å². The largest absolute Gasteiger partial charge is 0.481 e. The van der Waals surface area contributed by atoms with Crippen molar-refractivity contribution >= 4 is 5.91 Å². The summed E-state index contributed by atoms with van der Waals surface area (Å²) in [6.45, 7) is 8.35. The van der Waals surface area contributed by atoms with Crippen molar-refractivity contribution in [3.8, 4) is 5.75 Å². The molecule has 1 rings (SSSR count). The Bertz CT molecular complexity index is 412. The van der Waals surface area contributed by atoms with E-state index in [4.69, 9.17) is 4.74 Å². The minimum absolute atomic E-state index is 0.106. The van der Waals surface area contributed by atoms with E-state index in [1.165, 1.54) is 0 Å². The highest BCUT2D eigenvalue weighted by atomic mass is 16.5. The lowest BCUT2D eigenvalue weighted by Gasteiger charge is -2.15. The van der Waals surface area contributed by atoms with Gasteiger partial charge in [0, 0.05) is 6.54 Å². The fraction of sp³-hybridized carbons (Fsp3) is 0.562. The summed E-state index contributed by atoms with van der Waals surface area (Å²) < 4.78 is 5.57. The van der Waals surface area contributed by atoms with Crippen LogP contribution in [0.4, 0.5) is 0 Å². The molecule has 4 heteroatoms. The van der Waals surface area contributed by atoms with Gasteiger partial charge in [-0.25, -0.2) is 0 Å². The van der Waals surface area contributed by atoms with E-state index in [1.807, 2.05) is 0 Å². The third kappa shape index (κ3) is 5.61. The number of rotatable bonds is 7. The van der Waals surface area contributed by atoms with Crippen LogP contribution in [-0.2, 0) is 4.79 Å². The van der Waals surface area contributed by atoms with Gasteiger partial charge in [-0.2, -0.15) is 0 Å². The number of carbonyl (C=O) groups excluding carboxylic acids is 1. The molecule has 0 aliphatic rings. The van der Waals surface area contributed by atoms with Crippen LogP contribution in [0.25, 0.3) is 0 Å². The average Bonchev–Trinajstić information content (AvgIpc) is 2.38. The van der Waals surface area contributed by atoms with Gasteiger partial charge in [0.25, 0.3) is 5.91 Å². The number of aliphatic hydroxyl groups is 1. The van der Waals surface area contributed by atoms with Gasteiger partial charge in [0.05, 0.1) is 6.10 Å². The van der Waals surface area contributed by atoms with Crippen LogP contribution < -0.4 is 10.1 Å². The number of carbonyl (C=O) groups is 1. The van der Waals surface area contributed by atoms with Gasteiger partial charge in [-0.1, -0.05) is 26.0 Å². The van der Waals surface area contributed by atoms with Gasteiger partial charge in [-0.05, 0) is 43.9 Å². The second-order valence-electron chi connectivity index (χ2n) is 5.48. The Morgan fingerprint density at radius 2 is 1.80 bits per heavy atom. The minimum atomic E-state index is -0.528. The first kappa shape index (κ1) is 16.5. The standard InChI is InChI=1S/C16H25NO3/c1-11(2)9-10-17-16(19)13(4)20-15-7-5-14(6-8-15)12(3)18/h5-8,11-13,18H,9-10H2,1-4H3,(H,17,19)/t12-,13?/m1/s1. The minimum Gasteiger partial charge on any atom is -0.481 e. The third-order valence-electron chi connectivity index (χ3n) is 3.07. The van der Waals surface area contributed by atoms with Gasteiger partial charge in [0.2, 0.25) is 0 Å². The molecule has 1 aromatic rings. The summed E-state index contributed by atoms with van der Waals surface area (Å²) in [5.41, 5.74) is 0.825. The smallest absolute Gasteiger partial charge is 0.260 e. The van der Waals surface area contributed by atoms with Crippen molar-refractivity contribution < 1.29 is 14.6 Å². The Morgan fingerprint density at radius 3 is 2.30 bits per heavy atom. The summed E-state index contributed by atoms with van der Waals surface area (Å²) in [6, 6.07) is 7.12. The van der Waals surface area contributed by atoms with Crippen molar-refractivity contribution in [3.63, 3.8) is 0 Å². The average molecular weight is 279 g/mol. The highest BCUT2D eigenvalue weighted by Crippen LogP contribution is 2.18. The summed E-state index contributed by atoms with van der Waals surface area (Å²) in [4.78, 5) is 11.8. The lowest BCUT2D eigenvalue weighted by molar-refractivity contribution is -0.127. The molecule has 0 saturated heterocycles. The molecule has 0 heterocycles. The summed E-state index contributed by atoms with van der Waals surface area (Å²) in [5, 5.41) is 12.3. The van der Waals surface area contributed by atoms with Gasteiger partial charge in [0.15, 0.2) is 6.10 Å². The summed E-state index contributed by atoms with van der Waals surface area (Å²) in [5.74, 6) is 1.09. The molecule has 20 heavy (non-hydrogen) atoms. The van der Waals surface area contributed by atoms with E-state index in [0.717, 1.165) is 12.0 Å². The van der Waals surface area contributed by atoms with Crippen LogP contribution in [0.2, 0.25) is 0 Å². The van der Waals surface area contributed by atoms with E-state index in [9.17, 15) is 9.90 Å². The molecular weight excluding hydrogens is 254 g/mol. The Balaban J connectivity index is 2.44. The fourth-order valence-corrected chi connectivity index (χ4v) is 1.71. The van der Waals surface area contributed by atoms with Crippen molar-refractivity contribution in [2.45, 2.75) is 46.3 Å². The van der Waals surface area contributed by atoms with Crippen molar-refractivity contribution in [2.24, 2.45) is 5.92 Å². The maximum atomic E-state index is 11.8. The highest BCUT2D eigenvalue weighted by molar-refractivity contribution is 5.80. The van der Waals surface area contributed by atoms with Gasteiger partial charge in [-0.3, -0.25) is 4.79 Å². The predicted octanol–water partition coefficient (Wildman–Crippen LogP) is 2.67. The quantitative estimate of drug-likeness (QED) is 0.806. The van der Waals surface area contributed by atoms with E-state index < -0.39 is 12.2 Å². The highest BCUT2D eigenvalue weighted by Gasteiger charge is 2.14. The molecule has 4 nitrogen and oxygen atoms in total. The second-order valence-corrected chi connectivity index (χ2v) is 5.48. The Hall–Kier alpha value is -1.55. The van der Waals surface area contributed by atoms with E-state index in [1.54, 1.807) is 38.1 Å². The molecule has 0 aromatic heterocycles. The number of hydrogen-bond donors (Lipinski definition) is 2. The van der Waals surface area contributed by atoms with E-state index in [-0.39, 0.29) is 5.91 Å². The van der Waals surface area contributed by atoms with Crippen molar-refractivity contribution in [1.29, 1.82) is 0 Å². The van der Waals surface area contributed by atoms with E-state index in [0.29, 0.717) is 18.2 Å². The van der Waals surface area contributed by atoms with Crippen molar-refractivity contribution in [2.75, 3.05) is 6.54 Å². The molecule has 112 valence electrons. The lowest BCUT2D eigenvalue weighted by atomic mass is 10.1. The summed E-state index contributed by atoms with van der Waals surface area (Å²) in [7, 11) is 0. The summed E-state index contributed by atoms with van der Waals surface area (Å²) >= 11 is 0. The molecule has 0 saturated carbocycles. The first-order valence-corrected chi connectivity index (χ1v) is 7.12. The number of hydrogen-bond acceptors (Lipinski definition) is 3. The van der Waals surface area contributed by atoms with Gasteiger partial charge < -0.3 is 15.2 Å². The van der Waals surface area contributed by atoms with Crippen LogP contribution in [0.3, 0.4) is 0 Å². The fourth-order valence-electron chi connectivity index (χ4n) is 1.71. The molecule has 1 aromatic carbocycles. The molecule has 2 N–H and O–H groups in total. The number of benzene rings is 1. The van der Waals surface area contributed by atoms with Gasteiger partial charge >= 0.3 is 0 Å². The van der Waals surface area contributed by atoms with Crippen LogP contribution in [-0.4, -0.2) is 23.7 Å². The molecule has 0 spiro atoms. The van der Waals surface area contributed by atoms with Crippen LogP contribution in [0.5, 0.6) is 5.75 Å². The molecule has 0 bridgehead atoms. The van der Waals surface area contributed by atoms with Crippen LogP contribution in [0.15, 0.2) is 24.3 Å². The molecule has 0 aliphatic carbocycles.